The summed E-state index contributed by atoms with van der Waals surface area (Å²) in [6.07, 6.45) is 2.17. The molecule has 0 spiro atoms. The maximum atomic E-state index is 8.53. The van der Waals surface area contributed by atoms with Crippen molar-refractivity contribution in [3.05, 3.63) is 22.4 Å². The van der Waals surface area contributed by atoms with Crippen LogP contribution >= 0.6 is 15.9 Å². The Balaban J connectivity index is 2.75. The predicted molar refractivity (Wildman–Crippen MR) is 40.5 cm³/mol. The number of aromatic nitrogens is 2. The van der Waals surface area contributed by atoms with E-state index >= 15 is 0 Å². The molecule has 1 N–H and O–H groups in total. The summed E-state index contributed by atoms with van der Waals surface area (Å²) in [6.45, 7) is 0.116. The molecule has 1 heterocycles. The van der Waals surface area contributed by atoms with Crippen LogP contribution in [-0.4, -0.2) is 21.9 Å². The lowest BCUT2D eigenvalue weighted by molar-refractivity contribution is 0.297. The molecule has 0 radical (unpaired) electrons. The number of rotatable bonds is 2. The number of aliphatic hydroxyl groups is 1. The number of halogens is 1. The van der Waals surface area contributed by atoms with Gasteiger partial charge in [-0.1, -0.05) is 0 Å². The molecule has 0 amide bonds. The molecule has 0 aliphatic carbocycles. The molecule has 4 heteroatoms. The Bertz CT molecular complexity index is 217. The second-order valence-electron chi connectivity index (χ2n) is 1.84. The Morgan fingerprint density at radius 2 is 2.40 bits per heavy atom. The van der Waals surface area contributed by atoms with Crippen LogP contribution in [0.4, 0.5) is 0 Å². The zero-order valence-electron chi connectivity index (χ0n) is 5.29. The van der Waals surface area contributed by atoms with Crippen LogP contribution in [-0.2, 0) is 6.42 Å². The summed E-state index contributed by atoms with van der Waals surface area (Å²) in [5, 5.41) is 16.0. The summed E-state index contributed by atoms with van der Waals surface area (Å²) in [5.41, 5.74) is 0.803. The Morgan fingerprint density at radius 1 is 1.60 bits per heavy atom. The molecule has 1 aromatic rings. The molecule has 0 aliphatic rings. The first-order chi connectivity index (χ1) is 4.83. The molecular formula is C6H7BrN2O. The van der Waals surface area contributed by atoms with Gasteiger partial charge in [-0.2, -0.15) is 10.2 Å². The van der Waals surface area contributed by atoms with Gasteiger partial charge in [-0.05, 0) is 22.0 Å². The zero-order valence-corrected chi connectivity index (χ0v) is 6.87. The molecule has 0 atom stereocenters. The average molecular weight is 203 g/mol. The SMILES string of the molecule is OCCc1cc(Br)cnn1. The Morgan fingerprint density at radius 3 is 3.00 bits per heavy atom. The lowest BCUT2D eigenvalue weighted by Crippen LogP contribution is -1.95. The summed E-state index contributed by atoms with van der Waals surface area (Å²) in [5.74, 6) is 0. The minimum absolute atomic E-state index is 0.116. The topological polar surface area (TPSA) is 46.0 Å². The van der Waals surface area contributed by atoms with Crippen molar-refractivity contribution < 1.29 is 5.11 Å². The molecule has 3 nitrogen and oxygen atoms in total. The van der Waals surface area contributed by atoms with Gasteiger partial charge in [0.25, 0.3) is 0 Å². The van der Waals surface area contributed by atoms with E-state index in [0.717, 1.165) is 10.2 Å². The largest absolute Gasteiger partial charge is 0.396 e. The van der Waals surface area contributed by atoms with E-state index in [9.17, 15) is 0 Å². The van der Waals surface area contributed by atoms with Crippen molar-refractivity contribution in [3.8, 4) is 0 Å². The van der Waals surface area contributed by atoms with Crippen molar-refractivity contribution in [2.45, 2.75) is 6.42 Å². The third kappa shape index (κ3) is 2.04. The molecule has 0 saturated heterocycles. The first-order valence-corrected chi connectivity index (χ1v) is 3.70. The van der Waals surface area contributed by atoms with Gasteiger partial charge >= 0.3 is 0 Å². The van der Waals surface area contributed by atoms with Gasteiger partial charge in [0, 0.05) is 17.5 Å². The molecule has 1 aromatic heterocycles. The fourth-order valence-electron chi connectivity index (χ4n) is 0.620. The fourth-order valence-corrected chi connectivity index (χ4v) is 0.976. The van der Waals surface area contributed by atoms with Crippen LogP contribution in [0.3, 0.4) is 0 Å². The van der Waals surface area contributed by atoms with Crippen LogP contribution in [0.15, 0.2) is 16.7 Å². The third-order valence-electron chi connectivity index (χ3n) is 1.04. The van der Waals surface area contributed by atoms with Gasteiger partial charge in [0.05, 0.1) is 11.9 Å². The highest BCUT2D eigenvalue weighted by Gasteiger charge is 1.93. The van der Waals surface area contributed by atoms with E-state index in [1.54, 1.807) is 6.20 Å². The summed E-state index contributed by atoms with van der Waals surface area (Å²) < 4.78 is 0.894. The minimum atomic E-state index is 0.116. The maximum Gasteiger partial charge on any atom is 0.0665 e. The van der Waals surface area contributed by atoms with Crippen molar-refractivity contribution >= 4 is 15.9 Å². The number of aliphatic hydroxyl groups excluding tert-OH is 1. The van der Waals surface area contributed by atoms with Gasteiger partial charge < -0.3 is 5.11 Å². The smallest absolute Gasteiger partial charge is 0.0665 e. The van der Waals surface area contributed by atoms with E-state index in [1.807, 2.05) is 6.07 Å². The van der Waals surface area contributed by atoms with E-state index in [-0.39, 0.29) is 6.61 Å². The first-order valence-electron chi connectivity index (χ1n) is 2.91. The van der Waals surface area contributed by atoms with E-state index in [4.69, 9.17) is 5.11 Å². The molecule has 0 aliphatic heterocycles. The highest BCUT2D eigenvalue weighted by Crippen LogP contribution is 2.07. The monoisotopic (exact) mass is 202 g/mol. The zero-order chi connectivity index (χ0) is 7.40. The van der Waals surface area contributed by atoms with Crippen LogP contribution in [0.5, 0.6) is 0 Å². The van der Waals surface area contributed by atoms with Gasteiger partial charge in [0.15, 0.2) is 0 Å². The highest BCUT2D eigenvalue weighted by atomic mass is 79.9. The second-order valence-corrected chi connectivity index (χ2v) is 2.75. The molecule has 54 valence electrons. The van der Waals surface area contributed by atoms with Crippen molar-refractivity contribution in [1.29, 1.82) is 0 Å². The highest BCUT2D eigenvalue weighted by molar-refractivity contribution is 9.10. The van der Waals surface area contributed by atoms with Gasteiger partial charge in [0.1, 0.15) is 0 Å². The Labute approximate surface area is 67.2 Å². The van der Waals surface area contributed by atoms with Crippen LogP contribution in [0, 0.1) is 0 Å². The molecule has 0 fully saturated rings. The average Bonchev–Trinajstić information content (AvgIpc) is 1.88. The molecular weight excluding hydrogens is 196 g/mol. The third-order valence-corrected chi connectivity index (χ3v) is 1.47. The maximum absolute atomic E-state index is 8.53. The standard InChI is InChI=1S/C6H7BrN2O/c7-5-3-6(1-2-10)9-8-4-5/h3-4,10H,1-2H2. The Hall–Kier alpha value is -0.480. The predicted octanol–water partition coefficient (Wildman–Crippen LogP) is 0.774. The lowest BCUT2D eigenvalue weighted by Gasteiger charge is -1.94. The summed E-state index contributed by atoms with van der Waals surface area (Å²) in [4.78, 5) is 0. The summed E-state index contributed by atoms with van der Waals surface area (Å²) >= 11 is 3.25. The van der Waals surface area contributed by atoms with E-state index in [1.165, 1.54) is 0 Å². The van der Waals surface area contributed by atoms with Gasteiger partial charge in [0.2, 0.25) is 0 Å². The Kier molecular flexibility index (Phi) is 2.77. The van der Waals surface area contributed by atoms with Gasteiger partial charge in [-0.15, -0.1) is 0 Å². The molecule has 0 unspecified atom stereocenters. The van der Waals surface area contributed by atoms with Crippen LogP contribution < -0.4 is 0 Å². The number of hydrogen-bond donors (Lipinski definition) is 1. The normalized spacial score (nSPS) is 9.80. The molecule has 1 rings (SSSR count). The summed E-state index contributed by atoms with van der Waals surface area (Å²) in [7, 11) is 0. The van der Waals surface area contributed by atoms with Gasteiger partial charge in [-0.3, -0.25) is 0 Å². The van der Waals surface area contributed by atoms with E-state index in [0.29, 0.717) is 6.42 Å². The van der Waals surface area contributed by atoms with Crippen molar-refractivity contribution in [1.82, 2.24) is 10.2 Å². The quantitative estimate of drug-likeness (QED) is 0.772. The van der Waals surface area contributed by atoms with Crippen LogP contribution in [0.25, 0.3) is 0 Å². The van der Waals surface area contributed by atoms with Crippen LogP contribution in [0.2, 0.25) is 0 Å². The molecule has 10 heavy (non-hydrogen) atoms. The first kappa shape index (κ1) is 7.63. The molecule has 0 aromatic carbocycles. The number of hydrogen-bond acceptors (Lipinski definition) is 3. The van der Waals surface area contributed by atoms with Crippen molar-refractivity contribution in [2.75, 3.05) is 6.61 Å². The summed E-state index contributed by atoms with van der Waals surface area (Å²) in [6, 6.07) is 1.84. The van der Waals surface area contributed by atoms with Crippen LogP contribution in [0.1, 0.15) is 5.69 Å². The van der Waals surface area contributed by atoms with Crippen molar-refractivity contribution in [3.63, 3.8) is 0 Å². The lowest BCUT2D eigenvalue weighted by atomic mass is 10.3. The fraction of sp³-hybridized carbons (Fsp3) is 0.333. The van der Waals surface area contributed by atoms with Gasteiger partial charge in [-0.25, -0.2) is 0 Å². The van der Waals surface area contributed by atoms with Crippen molar-refractivity contribution in [2.24, 2.45) is 0 Å². The number of nitrogens with zero attached hydrogens (tertiary/aromatic N) is 2. The van der Waals surface area contributed by atoms with E-state index < -0.39 is 0 Å². The second kappa shape index (κ2) is 3.63. The van der Waals surface area contributed by atoms with E-state index in [2.05, 4.69) is 26.1 Å². The molecule has 0 saturated carbocycles. The minimum Gasteiger partial charge on any atom is -0.396 e. The molecule has 0 bridgehead atoms.